The molecule has 130 valence electrons. The van der Waals surface area contributed by atoms with Gasteiger partial charge in [-0.3, -0.25) is 0 Å². The van der Waals surface area contributed by atoms with Gasteiger partial charge in [0.25, 0.3) is 0 Å². The van der Waals surface area contributed by atoms with Crippen molar-refractivity contribution in [3.8, 4) is 17.2 Å². The van der Waals surface area contributed by atoms with E-state index in [1.54, 1.807) is 19.1 Å². The summed E-state index contributed by atoms with van der Waals surface area (Å²) in [5, 5.41) is 9.15. The van der Waals surface area contributed by atoms with Crippen molar-refractivity contribution in [2.24, 2.45) is 0 Å². The Kier molecular flexibility index (Phi) is 4.47. The molecule has 0 saturated carbocycles. The van der Waals surface area contributed by atoms with Gasteiger partial charge in [-0.15, -0.1) is 0 Å². The Hall–Kier alpha value is -2.47. The summed E-state index contributed by atoms with van der Waals surface area (Å²) in [6.45, 7) is 1.79. The standard InChI is InChI=1S/C17H14F4N4/c1-9-2-10(4-12(3-9)16-15(8-22)23-25-24-16)11-5-13(17(19,20)21)7-14(18)6-11/h2-7,15-16,23-25H,1H3. The van der Waals surface area contributed by atoms with Crippen LogP contribution in [0.4, 0.5) is 17.6 Å². The first-order valence-electron chi connectivity index (χ1n) is 7.43. The fourth-order valence-corrected chi connectivity index (χ4v) is 2.83. The third kappa shape index (κ3) is 3.64. The molecule has 0 aliphatic carbocycles. The lowest BCUT2D eigenvalue weighted by atomic mass is 9.94. The number of benzene rings is 2. The molecule has 0 spiro atoms. The van der Waals surface area contributed by atoms with Gasteiger partial charge in [-0.25, -0.2) is 15.2 Å². The molecule has 1 aliphatic heterocycles. The van der Waals surface area contributed by atoms with Crippen LogP contribution in [0, 0.1) is 24.1 Å². The van der Waals surface area contributed by atoms with E-state index in [1.807, 2.05) is 6.07 Å². The molecule has 4 nitrogen and oxygen atoms in total. The molecule has 0 aromatic heterocycles. The van der Waals surface area contributed by atoms with Crippen molar-refractivity contribution in [1.82, 2.24) is 16.4 Å². The zero-order valence-electron chi connectivity index (χ0n) is 13.1. The maximum Gasteiger partial charge on any atom is 0.416 e. The van der Waals surface area contributed by atoms with Crippen LogP contribution >= 0.6 is 0 Å². The number of nitrogens with zero attached hydrogens (tertiary/aromatic N) is 1. The summed E-state index contributed by atoms with van der Waals surface area (Å²) in [7, 11) is 0. The van der Waals surface area contributed by atoms with E-state index in [9.17, 15) is 17.6 Å². The van der Waals surface area contributed by atoms with Gasteiger partial charge in [0.1, 0.15) is 11.9 Å². The number of halogens is 4. The SMILES string of the molecule is Cc1cc(-c2cc(F)cc(C(F)(F)F)c2)cc(C2NNNC2C#N)c1. The third-order valence-corrected chi connectivity index (χ3v) is 3.95. The Balaban J connectivity index is 2.07. The van der Waals surface area contributed by atoms with E-state index in [1.165, 1.54) is 0 Å². The molecule has 2 aromatic rings. The smallest absolute Gasteiger partial charge is 0.234 e. The minimum Gasteiger partial charge on any atom is -0.234 e. The van der Waals surface area contributed by atoms with Crippen LogP contribution in [0.5, 0.6) is 0 Å². The van der Waals surface area contributed by atoms with Crippen LogP contribution in [-0.2, 0) is 6.18 Å². The minimum absolute atomic E-state index is 0.129. The number of hydrazine groups is 2. The molecule has 2 atom stereocenters. The Morgan fingerprint density at radius 3 is 2.40 bits per heavy atom. The quantitative estimate of drug-likeness (QED) is 0.727. The number of aryl methyl sites for hydroxylation is 1. The lowest BCUT2D eigenvalue weighted by Gasteiger charge is -2.16. The first kappa shape index (κ1) is 17.4. The van der Waals surface area contributed by atoms with E-state index in [4.69, 9.17) is 5.26 Å². The largest absolute Gasteiger partial charge is 0.416 e. The molecule has 1 fully saturated rings. The van der Waals surface area contributed by atoms with Crippen molar-refractivity contribution < 1.29 is 17.6 Å². The first-order chi connectivity index (χ1) is 11.8. The fraction of sp³-hybridized carbons (Fsp3) is 0.235. The Morgan fingerprint density at radius 1 is 1.00 bits per heavy atom. The monoisotopic (exact) mass is 350 g/mol. The van der Waals surface area contributed by atoms with Gasteiger partial charge in [-0.1, -0.05) is 17.7 Å². The summed E-state index contributed by atoms with van der Waals surface area (Å²) in [5.41, 5.74) is 9.32. The number of alkyl halides is 3. The van der Waals surface area contributed by atoms with Crippen LogP contribution in [0.1, 0.15) is 22.7 Å². The summed E-state index contributed by atoms with van der Waals surface area (Å²) in [5.74, 6) is -0.954. The maximum atomic E-state index is 13.7. The lowest BCUT2D eigenvalue weighted by Crippen LogP contribution is -2.32. The molecule has 0 bridgehead atoms. The van der Waals surface area contributed by atoms with Crippen molar-refractivity contribution in [3.05, 3.63) is 58.9 Å². The van der Waals surface area contributed by atoms with Crippen LogP contribution in [0.25, 0.3) is 11.1 Å². The molecule has 2 aromatic carbocycles. The van der Waals surface area contributed by atoms with Gasteiger partial charge in [0.05, 0.1) is 17.7 Å². The highest BCUT2D eigenvalue weighted by Gasteiger charge is 2.32. The summed E-state index contributed by atoms with van der Waals surface area (Å²) in [6, 6.07) is 8.75. The van der Waals surface area contributed by atoms with Gasteiger partial charge in [0.2, 0.25) is 0 Å². The Labute approximate surface area is 141 Å². The van der Waals surface area contributed by atoms with Crippen LogP contribution < -0.4 is 16.4 Å². The molecule has 3 rings (SSSR count). The zero-order valence-corrected chi connectivity index (χ0v) is 13.1. The number of hydrogen-bond acceptors (Lipinski definition) is 4. The normalized spacial score (nSPS) is 20.5. The molecule has 1 aliphatic rings. The van der Waals surface area contributed by atoms with Crippen molar-refractivity contribution in [2.45, 2.75) is 25.2 Å². The second kappa shape index (κ2) is 6.44. The van der Waals surface area contributed by atoms with Crippen LogP contribution in [-0.4, -0.2) is 6.04 Å². The van der Waals surface area contributed by atoms with E-state index >= 15 is 0 Å². The topological polar surface area (TPSA) is 59.9 Å². The van der Waals surface area contributed by atoms with E-state index in [0.717, 1.165) is 17.7 Å². The molecule has 2 unspecified atom stereocenters. The number of rotatable bonds is 2. The highest BCUT2D eigenvalue weighted by atomic mass is 19.4. The Bertz CT molecular complexity index is 842. The van der Waals surface area contributed by atoms with Gasteiger partial charge in [0, 0.05) is 0 Å². The molecule has 1 saturated heterocycles. The summed E-state index contributed by atoms with van der Waals surface area (Å²) in [4.78, 5) is 0. The van der Waals surface area contributed by atoms with Gasteiger partial charge in [0.15, 0.2) is 0 Å². The van der Waals surface area contributed by atoms with Crippen LogP contribution in [0.3, 0.4) is 0 Å². The van der Waals surface area contributed by atoms with E-state index in [2.05, 4.69) is 22.5 Å². The predicted octanol–water partition coefficient (Wildman–Crippen LogP) is 3.37. The van der Waals surface area contributed by atoms with Crippen molar-refractivity contribution in [2.75, 3.05) is 0 Å². The fourth-order valence-electron chi connectivity index (χ4n) is 2.83. The van der Waals surface area contributed by atoms with Gasteiger partial charge in [-0.2, -0.15) is 24.0 Å². The second-order valence-electron chi connectivity index (χ2n) is 5.86. The van der Waals surface area contributed by atoms with Crippen molar-refractivity contribution in [1.29, 1.82) is 5.26 Å². The predicted molar refractivity (Wildman–Crippen MR) is 83.1 cm³/mol. The second-order valence-corrected chi connectivity index (χ2v) is 5.86. The molecule has 1 heterocycles. The average molecular weight is 350 g/mol. The number of nitriles is 1. The number of nitrogens with one attached hydrogen (secondary N) is 3. The first-order valence-corrected chi connectivity index (χ1v) is 7.43. The summed E-state index contributed by atoms with van der Waals surface area (Å²) in [6.07, 6.45) is -4.63. The molecule has 3 N–H and O–H groups in total. The highest BCUT2D eigenvalue weighted by molar-refractivity contribution is 5.66. The van der Waals surface area contributed by atoms with Crippen molar-refractivity contribution >= 4 is 0 Å². The molecule has 0 amide bonds. The summed E-state index contributed by atoms with van der Waals surface area (Å²) >= 11 is 0. The van der Waals surface area contributed by atoms with E-state index in [0.29, 0.717) is 17.2 Å². The van der Waals surface area contributed by atoms with Crippen LogP contribution in [0.15, 0.2) is 36.4 Å². The van der Waals surface area contributed by atoms with Gasteiger partial charge >= 0.3 is 6.18 Å². The van der Waals surface area contributed by atoms with E-state index in [-0.39, 0.29) is 11.6 Å². The van der Waals surface area contributed by atoms with Gasteiger partial charge < -0.3 is 0 Å². The third-order valence-electron chi connectivity index (χ3n) is 3.95. The van der Waals surface area contributed by atoms with Crippen LogP contribution in [0.2, 0.25) is 0 Å². The molecule has 8 heteroatoms. The minimum atomic E-state index is -4.63. The molecule has 25 heavy (non-hydrogen) atoms. The average Bonchev–Trinajstić information content (AvgIpc) is 3.01. The highest BCUT2D eigenvalue weighted by Crippen LogP contribution is 2.34. The maximum absolute atomic E-state index is 13.7. The van der Waals surface area contributed by atoms with Gasteiger partial charge in [-0.05, 0) is 47.9 Å². The molecule has 0 radical (unpaired) electrons. The Morgan fingerprint density at radius 2 is 1.72 bits per heavy atom. The lowest BCUT2D eigenvalue weighted by molar-refractivity contribution is -0.137. The zero-order chi connectivity index (χ0) is 18.2. The number of hydrogen-bond donors (Lipinski definition) is 3. The molecular formula is C17H14F4N4. The summed E-state index contributed by atoms with van der Waals surface area (Å²) < 4.78 is 52.5. The molecular weight excluding hydrogens is 336 g/mol. The van der Waals surface area contributed by atoms with Crippen molar-refractivity contribution in [3.63, 3.8) is 0 Å². The van der Waals surface area contributed by atoms with E-state index < -0.39 is 23.6 Å².